The fraction of sp³-hybridized carbons (Fsp3) is 0.200. The second kappa shape index (κ2) is 6.21. The average molecular weight is 322 g/mol. The van der Waals surface area contributed by atoms with Crippen molar-refractivity contribution in [3.63, 3.8) is 0 Å². The van der Waals surface area contributed by atoms with Crippen LogP contribution in [0.2, 0.25) is 5.02 Å². The molecule has 114 valence electrons. The molecule has 22 heavy (non-hydrogen) atoms. The molecule has 6 nitrogen and oxygen atoms in total. The summed E-state index contributed by atoms with van der Waals surface area (Å²) in [5, 5.41) is 11.6. The number of benzene rings is 2. The Labute approximate surface area is 131 Å². The standard InChI is InChI=1S/C15H12ClNO5/c16-12-2-1-3-14(6-12)21-8-11-5-13(17(18)19)4-10-7-20-9-22-15(10)11/h1-6H,7-9H2. The number of nitrogens with zero attached hydrogens (tertiary/aromatic N) is 1. The fourth-order valence-corrected chi connectivity index (χ4v) is 2.39. The SMILES string of the molecule is O=[N+]([O-])c1cc2c(c(COc3cccc(Cl)c3)c1)OCOC2. The third-order valence-electron chi connectivity index (χ3n) is 3.17. The van der Waals surface area contributed by atoms with Gasteiger partial charge in [-0.2, -0.15) is 0 Å². The summed E-state index contributed by atoms with van der Waals surface area (Å²) in [5.41, 5.74) is 1.23. The third kappa shape index (κ3) is 3.13. The van der Waals surface area contributed by atoms with Gasteiger partial charge in [-0.25, -0.2) is 0 Å². The Bertz CT molecular complexity index is 719. The first-order chi connectivity index (χ1) is 10.6. The molecular formula is C15H12ClNO5. The molecule has 0 fully saturated rings. The van der Waals surface area contributed by atoms with Crippen molar-refractivity contribution < 1.29 is 19.1 Å². The Hall–Kier alpha value is -2.31. The molecule has 3 rings (SSSR count). The zero-order chi connectivity index (χ0) is 15.5. The van der Waals surface area contributed by atoms with Crippen molar-refractivity contribution in [2.75, 3.05) is 6.79 Å². The van der Waals surface area contributed by atoms with Crippen LogP contribution < -0.4 is 9.47 Å². The van der Waals surface area contributed by atoms with Crippen molar-refractivity contribution in [1.29, 1.82) is 0 Å². The average Bonchev–Trinajstić information content (AvgIpc) is 2.52. The van der Waals surface area contributed by atoms with Crippen molar-refractivity contribution in [2.45, 2.75) is 13.2 Å². The largest absolute Gasteiger partial charge is 0.489 e. The Morgan fingerprint density at radius 2 is 2.18 bits per heavy atom. The first-order valence-electron chi connectivity index (χ1n) is 6.52. The molecule has 0 aliphatic carbocycles. The van der Waals surface area contributed by atoms with E-state index in [2.05, 4.69) is 0 Å². The summed E-state index contributed by atoms with van der Waals surface area (Å²) in [4.78, 5) is 10.6. The lowest BCUT2D eigenvalue weighted by atomic mass is 10.1. The van der Waals surface area contributed by atoms with Gasteiger partial charge in [0.15, 0.2) is 6.79 Å². The number of non-ortho nitro benzene ring substituents is 1. The summed E-state index contributed by atoms with van der Waals surface area (Å²) < 4.78 is 16.3. The molecule has 1 heterocycles. The van der Waals surface area contributed by atoms with Gasteiger partial charge in [-0.15, -0.1) is 0 Å². The number of fused-ring (bicyclic) bond motifs is 1. The van der Waals surface area contributed by atoms with E-state index in [1.54, 1.807) is 24.3 Å². The van der Waals surface area contributed by atoms with E-state index < -0.39 is 4.92 Å². The van der Waals surface area contributed by atoms with Crippen molar-refractivity contribution in [3.05, 3.63) is 62.7 Å². The predicted octanol–water partition coefficient (Wildman–Crippen LogP) is 3.69. The lowest BCUT2D eigenvalue weighted by Gasteiger charge is -2.20. The van der Waals surface area contributed by atoms with Gasteiger partial charge in [0.25, 0.3) is 5.69 Å². The predicted molar refractivity (Wildman–Crippen MR) is 79.2 cm³/mol. The molecule has 0 aromatic heterocycles. The lowest BCUT2D eigenvalue weighted by Crippen LogP contribution is -2.14. The topological polar surface area (TPSA) is 70.8 Å². The zero-order valence-corrected chi connectivity index (χ0v) is 12.2. The molecule has 0 spiro atoms. The molecule has 0 amide bonds. The van der Waals surface area contributed by atoms with Crippen LogP contribution in [0.15, 0.2) is 36.4 Å². The van der Waals surface area contributed by atoms with E-state index in [9.17, 15) is 10.1 Å². The summed E-state index contributed by atoms with van der Waals surface area (Å²) in [6, 6.07) is 9.86. The van der Waals surface area contributed by atoms with Gasteiger partial charge in [0.1, 0.15) is 18.1 Å². The Kier molecular flexibility index (Phi) is 4.13. The molecule has 0 radical (unpaired) electrons. The van der Waals surface area contributed by atoms with Crippen LogP contribution in [0, 0.1) is 10.1 Å². The number of halogens is 1. The summed E-state index contributed by atoms with van der Waals surface area (Å²) in [5.74, 6) is 1.17. The number of nitro benzene ring substituents is 1. The minimum atomic E-state index is -0.447. The Morgan fingerprint density at radius 1 is 1.32 bits per heavy atom. The number of rotatable bonds is 4. The summed E-state index contributed by atoms with van der Waals surface area (Å²) in [6.07, 6.45) is 0. The number of hydrogen-bond acceptors (Lipinski definition) is 5. The minimum absolute atomic E-state index is 0.0162. The van der Waals surface area contributed by atoms with Crippen LogP contribution in [0.4, 0.5) is 5.69 Å². The highest BCUT2D eigenvalue weighted by atomic mass is 35.5. The molecule has 0 saturated heterocycles. The van der Waals surface area contributed by atoms with Crippen LogP contribution in [0.5, 0.6) is 11.5 Å². The molecule has 1 aliphatic rings. The summed E-state index contributed by atoms with van der Waals surface area (Å²) in [6.45, 7) is 0.542. The normalized spacial score (nSPS) is 13.1. The van der Waals surface area contributed by atoms with Gasteiger partial charge < -0.3 is 14.2 Å². The van der Waals surface area contributed by atoms with E-state index in [0.717, 1.165) is 0 Å². The summed E-state index contributed by atoms with van der Waals surface area (Å²) in [7, 11) is 0. The van der Waals surface area contributed by atoms with Gasteiger partial charge in [-0.05, 0) is 18.2 Å². The first-order valence-corrected chi connectivity index (χ1v) is 6.90. The molecule has 0 saturated carbocycles. The van der Waals surface area contributed by atoms with Gasteiger partial charge in [0.2, 0.25) is 0 Å². The molecular weight excluding hydrogens is 310 g/mol. The third-order valence-corrected chi connectivity index (χ3v) is 3.41. The fourth-order valence-electron chi connectivity index (χ4n) is 2.21. The van der Waals surface area contributed by atoms with E-state index in [0.29, 0.717) is 27.6 Å². The zero-order valence-electron chi connectivity index (χ0n) is 11.5. The van der Waals surface area contributed by atoms with Crippen molar-refractivity contribution in [1.82, 2.24) is 0 Å². The van der Waals surface area contributed by atoms with Crippen LogP contribution in [0.25, 0.3) is 0 Å². The molecule has 1 aliphatic heterocycles. The number of nitro groups is 1. The molecule has 0 bridgehead atoms. The van der Waals surface area contributed by atoms with Crippen molar-refractivity contribution >= 4 is 17.3 Å². The molecule has 0 unspecified atom stereocenters. The monoisotopic (exact) mass is 321 g/mol. The number of hydrogen-bond donors (Lipinski definition) is 0. The second-order valence-corrected chi connectivity index (χ2v) is 5.14. The maximum atomic E-state index is 11.0. The van der Waals surface area contributed by atoms with Gasteiger partial charge in [-0.3, -0.25) is 10.1 Å². The van der Waals surface area contributed by atoms with E-state index in [-0.39, 0.29) is 25.7 Å². The Balaban J connectivity index is 1.88. The van der Waals surface area contributed by atoms with Crippen LogP contribution in [-0.2, 0) is 18.0 Å². The first kappa shape index (κ1) is 14.6. The highest BCUT2D eigenvalue weighted by molar-refractivity contribution is 6.30. The van der Waals surface area contributed by atoms with E-state index in [4.69, 9.17) is 25.8 Å². The van der Waals surface area contributed by atoms with Gasteiger partial charge in [0, 0.05) is 28.3 Å². The van der Waals surface area contributed by atoms with Gasteiger partial charge in [0.05, 0.1) is 11.5 Å². The maximum absolute atomic E-state index is 11.0. The smallest absolute Gasteiger partial charge is 0.270 e. The molecule has 0 atom stereocenters. The maximum Gasteiger partial charge on any atom is 0.270 e. The van der Waals surface area contributed by atoms with Crippen molar-refractivity contribution in [3.8, 4) is 11.5 Å². The molecule has 2 aromatic rings. The summed E-state index contributed by atoms with van der Waals surface area (Å²) >= 11 is 5.90. The molecule has 7 heteroatoms. The highest BCUT2D eigenvalue weighted by Gasteiger charge is 2.21. The van der Waals surface area contributed by atoms with Crippen LogP contribution in [0.1, 0.15) is 11.1 Å². The Morgan fingerprint density at radius 3 is 2.95 bits per heavy atom. The van der Waals surface area contributed by atoms with Crippen LogP contribution in [-0.4, -0.2) is 11.7 Å². The van der Waals surface area contributed by atoms with Crippen molar-refractivity contribution in [2.24, 2.45) is 0 Å². The van der Waals surface area contributed by atoms with E-state index in [1.165, 1.54) is 12.1 Å². The minimum Gasteiger partial charge on any atom is -0.489 e. The molecule has 2 aromatic carbocycles. The van der Waals surface area contributed by atoms with E-state index >= 15 is 0 Å². The van der Waals surface area contributed by atoms with E-state index in [1.807, 2.05) is 0 Å². The van der Waals surface area contributed by atoms with Crippen LogP contribution in [0.3, 0.4) is 0 Å². The number of ether oxygens (including phenoxy) is 3. The van der Waals surface area contributed by atoms with Gasteiger partial charge >= 0.3 is 0 Å². The highest BCUT2D eigenvalue weighted by Crippen LogP contribution is 2.33. The van der Waals surface area contributed by atoms with Crippen LogP contribution >= 0.6 is 11.6 Å². The second-order valence-electron chi connectivity index (χ2n) is 4.71. The molecule has 0 N–H and O–H groups in total. The van der Waals surface area contributed by atoms with Gasteiger partial charge in [-0.1, -0.05) is 17.7 Å². The quantitative estimate of drug-likeness (QED) is 0.634. The lowest BCUT2D eigenvalue weighted by molar-refractivity contribution is -0.385.